The highest BCUT2D eigenvalue weighted by Gasteiger charge is 2.22. The second-order valence-electron chi connectivity index (χ2n) is 4.72. The number of aromatic carboxylic acids is 2. The fourth-order valence-corrected chi connectivity index (χ4v) is 2.16. The minimum Gasteiger partial charge on any atom is -0.478 e. The zero-order valence-electron chi connectivity index (χ0n) is 11.9. The number of carboxylic acid groups (broad SMARTS) is 2. The Morgan fingerprint density at radius 1 is 0.609 bits per heavy atom. The molecule has 6 nitrogen and oxygen atoms in total. The topological polar surface area (TPSA) is 109 Å². The predicted molar refractivity (Wildman–Crippen MR) is 80.1 cm³/mol. The van der Waals surface area contributed by atoms with E-state index in [1.165, 1.54) is 48.5 Å². The first kappa shape index (κ1) is 16.1. The van der Waals surface area contributed by atoms with E-state index in [0.29, 0.717) is 0 Å². The number of ketones is 2. The van der Waals surface area contributed by atoms with Crippen molar-refractivity contribution in [2.75, 3.05) is 0 Å². The highest BCUT2D eigenvalue weighted by molar-refractivity contribution is 6.18. The van der Waals surface area contributed by atoms with Crippen LogP contribution in [0.1, 0.15) is 47.9 Å². The minimum absolute atomic E-state index is 0.0823. The Morgan fingerprint density at radius 3 is 1.22 bits per heavy atom. The first-order valence-corrected chi connectivity index (χ1v) is 6.63. The molecule has 0 aromatic heterocycles. The molecule has 0 aliphatic heterocycles. The van der Waals surface area contributed by atoms with Gasteiger partial charge >= 0.3 is 11.9 Å². The fourth-order valence-electron chi connectivity index (χ4n) is 2.16. The van der Waals surface area contributed by atoms with Gasteiger partial charge in [-0.15, -0.1) is 0 Å². The van der Waals surface area contributed by atoms with E-state index in [4.69, 9.17) is 10.2 Å². The number of hydrogen-bond donors (Lipinski definition) is 2. The Balaban J connectivity index is 2.30. The van der Waals surface area contributed by atoms with Crippen LogP contribution < -0.4 is 0 Å². The van der Waals surface area contributed by atoms with Crippen molar-refractivity contribution in [1.82, 2.24) is 0 Å². The van der Waals surface area contributed by atoms with Crippen molar-refractivity contribution in [3.8, 4) is 0 Å². The fraction of sp³-hybridized carbons (Fsp3) is 0.0588. The lowest BCUT2D eigenvalue weighted by Gasteiger charge is -2.06. The van der Waals surface area contributed by atoms with Crippen molar-refractivity contribution in [2.24, 2.45) is 0 Å². The molecule has 23 heavy (non-hydrogen) atoms. The Bertz CT molecular complexity index is 739. The zero-order valence-corrected chi connectivity index (χ0v) is 11.9. The molecule has 2 N–H and O–H groups in total. The van der Waals surface area contributed by atoms with Crippen LogP contribution in [0, 0.1) is 0 Å². The predicted octanol–water partition coefficient (Wildman–Crippen LogP) is 2.54. The summed E-state index contributed by atoms with van der Waals surface area (Å²) >= 11 is 0. The minimum atomic E-state index is -1.27. The SMILES string of the molecule is O=C(O)c1ccccc1C(=O)CC(=O)c1ccccc1C(=O)O. The molecule has 116 valence electrons. The third-order valence-corrected chi connectivity index (χ3v) is 3.24. The van der Waals surface area contributed by atoms with Crippen molar-refractivity contribution in [3.05, 3.63) is 70.8 Å². The third kappa shape index (κ3) is 3.49. The Kier molecular flexibility index (Phi) is 4.66. The van der Waals surface area contributed by atoms with Crippen LogP contribution in [0.4, 0.5) is 0 Å². The third-order valence-electron chi connectivity index (χ3n) is 3.24. The highest BCUT2D eigenvalue weighted by Crippen LogP contribution is 2.16. The van der Waals surface area contributed by atoms with Crippen molar-refractivity contribution in [1.29, 1.82) is 0 Å². The van der Waals surface area contributed by atoms with E-state index < -0.39 is 29.9 Å². The van der Waals surface area contributed by atoms with Crippen LogP contribution in [0.5, 0.6) is 0 Å². The summed E-state index contributed by atoms with van der Waals surface area (Å²) in [5.74, 6) is -3.89. The van der Waals surface area contributed by atoms with Gasteiger partial charge in [0.05, 0.1) is 17.5 Å². The largest absolute Gasteiger partial charge is 0.478 e. The van der Waals surface area contributed by atoms with Crippen LogP contribution in [0.2, 0.25) is 0 Å². The second-order valence-corrected chi connectivity index (χ2v) is 4.72. The summed E-state index contributed by atoms with van der Waals surface area (Å²) < 4.78 is 0. The molecule has 0 heterocycles. The molecule has 2 aromatic rings. The lowest BCUT2D eigenvalue weighted by Crippen LogP contribution is -2.15. The number of hydrogen-bond acceptors (Lipinski definition) is 4. The van der Waals surface area contributed by atoms with Gasteiger partial charge in [0.25, 0.3) is 0 Å². The number of carbonyl (C=O) groups is 4. The van der Waals surface area contributed by atoms with E-state index in [2.05, 4.69) is 0 Å². The number of carbonyl (C=O) groups excluding carboxylic acids is 2. The van der Waals surface area contributed by atoms with Gasteiger partial charge in [0.15, 0.2) is 11.6 Å². The lowest BCUT2D eigenvalue weighted by molar-refractivity contribution is 0.0684. The molecular formula is C17H12O6. The van der Waals surface area contributed by atoms with Gasteiger partial charge in [-0.2, -0.15) is 0 Å². The van der Waals surface area contributed by atoms with Crippen LogP contribution in [0.3, 0.4) is 0 Å². The average Bonchev–Trinajstić information content (AvgIpc) is 2.54. The monoisotopic (exact) mass is 312 g/mol. The second kappa shape index (κ2) is 6.65. The molecule has 0 atom stereocenters. The van der Waals surface area contributed by atoms with Gasteiger partial charge in [0.2, 0.25) is 0 Å². The molecule has 0 unspecified atom stereocenters. The van der Waals surface area contributed by atoms with E-state index in [1.54, 1.807) is 0 Å². The molecule has 0 fully saturated rings. The number of carboxylic acids is 2. The van der Waals surface area contributed by atoms with Crippen molar-refractivity contribution >= 4 is 23.5 Å². The average molecular weight is 312 g/mol. The van der Waals surface area contributed by atoms with E-state index >= 15 is 0 Å². The highest BCUT2D eigenvalue weighted by atomic mass is 16.4. The summed E-state index contributed by atoms with van der Waals surface area (Å²) in [6.45, 7) is 0. The normalized spacial score (nSPS) is 10.1. The van der Waals surface area contributed by atoms with Gasteiger partial charge in [-0.3, -0.25) is 9.59 Å². The van der Waals surface area contributed by atoms with Crippen LogP contribution in [-0.2, 0) is 0 Å². The maximum atomic E-state index is 12.2. The molecule has 0 saturated heterocycles. The Labute approximate surface area is 131 Å². The van der Waals surface area contributed by atoms with Gasteiger partial charge in [-0.25, -0.2) is 9.59 Å². The van der Waals surface area contributed by atoms with Gasteiger partial charge in [0, 0.05) is 11.1 Å². The molecule has 2 aromatic carbocycles. The molecular weight excluding hydrogens is 300 g/mol. The molecule has 0 aliphatic rings. The first-order chi connectivity index (χ1) is 10.9. The van der Waals surface area contributed by atoms with Crippen LogP contribution in [-0.4, -0.2) is 33.7 Å². The van der Waals surface area contributed by atoms with Gasteiger partial charge in [-0.1, -0.05) is 36.4 Å². The van der Waals surface area contributed by atoms with Crippen LogP contribution in [0.25, 0.3) is 0 Å². The molecule has 0 bridgehead atoms. The van der Waals surface area contributed by atoms with Gasteiger partial charge < -0.3 is 10.2 Å². The molecule has 0 saturated carbocycles. The van der Waals surface area contributed by atoms with E-state index in [0.717, 1.165) is 0 Å². The molecule has 0 amide bonds. The number of rotatable bonds is 6. The Hall–Kier alpha value is -3.28. The van der Waals surface area contributed by atoms with Crippen molar-refractivity contribution < 1.29 is 29.4 Å². The van der Waals surface area contributed by atoms with Crippen LogP contribution >= 0.6 is 0 Å². The molecule has 0 aliphatic carbocycles. The van der Waals surface area contributed by atoms with Gasteiger partial charge in [-0.05, 0) is 12.1 Å². The summed E-state index contributed by atoms with van der Waals surface area (Å²) in [6.07, 6.45) is -0.603. The molecule has 2 rings (SSSR count). The smallest absolute Gasteiger partial charge is 0.336 e. The summed E-state index contributed by atoms with van der Waals surface area (Å²) in [7, 11) is 0. The quantitative estimate of drug-likeness (QED) is 0.626. The number of benzene rings is 2. The summed E-state index contributed by atoms with van der Waals surface area (Å²) in [6, 6.07) is 11.1. The first-order valence-electron chi connectivity index (χ1n) is 6.63. The maximum Gasteiger partial charge on any atom is 0.336 e. The maximum absolute atomic E-state index is 12.2. The standard InChI is InChI=1S/C17H12O6/c18-14(10-5-1-3-7-12(10)16(20)21)9-15(19)11-6-2-4-8-13(11)17(22)23/h1-8H,9H2,(H,20,21)(H,22,23). The zero-order chi connectivity index (χ0) is 17.0. The molecule has 6 heteroatoms. The van der Waals surface area contributed by atoms with E-state index in [1.807, 2.05) is 0 Å². The van der Waals surface area contributed by atoms with E-state index in [-0.39, 0.29) is 22.3 Å². The number of Topliss-reactive ketones (excluding diaryl/α,β-unsaturated/α-hetero) is 2. The van der Waals surface area contributed by atoms with Crippen molar-refractivity contribution in [2.45, 2.75) is 6.42 Å². The van der Waals surface area contributed by atoms with Crippen LogP contribution in [0.15, 0.2) is 48.5 Å². The summed E-state index contributed by atoms with van der Waals surface area (Å²) in [5, 5.41) is 18.1. The van der Waals surface area contributed by atoms with E-state index in [9.17, 15) is 19.2 Å². The van der Waals surface area contributed by atoms with Gasteiger partial charge in [0.1, 0.15) is 0 Å². The summed E-state index contributed by atoms with van der Waals surface area (Å²) in [5.41, 5.74) is -0.559. The lowest BCUT2D eigenvalue weighted by atomic mass is 9.95. The molecule has 0 spiro atoms. The Morgan fingerprint density at radius 2 is 0.913 bits per heavy atom. The van der Waals surface area contributed by atoms with Crippen molar-refractivity contribution in [3.63, 3.8) is 0 Å². The summed E-state index contributed by atoms with van der Waals surface area (Å²) in [4.78, 5) is 46.6. The molecule has 0 radical (unpaired) electrons.